The maximum absolute atomic E-state index is 12.5. The Bertz CT molecular complexity index is 347. The summed E-state index contributed by atoms with van der Waals surface area (Å²) in [6.07, 6.45) is 2.72. The molecule has 2 nitrogen and oxygen atoms in total. The van der Waals surface area contributed by atoms with E-state index in [1.54, 1.807) is 12.3 Å². The number of piperidine rings is 1. The second-order valence-electron chi connectivity index (χ2n) is 4.45. The fraction of sp³-hybridized carbons (Fsp3) is 0.583. The van der Waals surface area contributed by atoms with Gasteiger partial charge in [0.2, 0.25) is 0 Å². The molecule has 1 fully saturated rings. The van der Waals surface area contributed by atoms with Gasteiger partial charge in [-0.15, -0.1) is 0 Å². The summed E-state index contributed by atoms with van der Waals surface area (Å²) in [5.41, 5.74) is 0.834. The Morgan fingerprint density at radius 1 is 1.31 bits per heavy atom. The molecule has 0 radical (unpaired) electrons. The van der Waals surface area contributed by atoms with Crippen molar-refractivity contribution in [2.75, 3.05) is 18.0 Å². The summed E-state index contributed by atoms with van der Waals surface area (Å²) < 4.78 is 25.0. The van der Waals surface area contributed by atoms with E-state index in [0.29, 0.717) is 0 Å². The zero-order chi connectivity index (χ0) is 11.5. The van der Waals surface area contributed by atoms with Gasteiger partial charge < -0.3 is 4.90 Å². The van der Waals surface area contributed by atoms with Crippen molar-refractivity contribution in [1.82, 2.24) is 4.98 Å². The largest absolute Gasteiger partial charge is 0.370 e. The minimum absolute atomic E-state index is 0.0103. The molecular formula is C12H16F2N2. The van der Waals surface area contributed by atoms with Gasteiger partial charge in [0.05, 0.1) is 11.9 Å². The molecule has 0 atom stereocenters. The van der Waals surface area contributed by atoms with Gasteiger partial charge in [0.15, 0.2) is 0 Å². The summed E-state index contributed by atoms with van der Waals surface area (Å²) in [5.74, 6) is 0.738. The van der Waals surface area contributed by atoms with Gasteiger partial charge in [-0.3, -0.25) is 4.98 Å². The average Bonchev–Trinajstić information content (AvgIpc) is 2.30. The number of aromatic nitrogens is 1. The minimum atomic E-state index is -2.43. The van der Waals surface area contributed by atoms with Gasteiger partial charge in [-0.2, -0.15) is 0 Å². The van der Waals surface area contributed by atoms with E-state index in [9.17, 15) is 8.78 Å². The lowest BCUT2D eigenvalue weighted by molar-refractivity contribution is 0.151. The molecule has 0 aliphatic carbocycles. The molecule has 1 aliphatic heterocycles. The Morgan fingerprint density at radius 2 is 2.00 bits per heavy atom. The van der Waals surface area contributed by atoms with Crippen LogP contribution in [0, 0.1) is 5.92 Å². The van der Waals surface area contributed by atoms with Crippen molar-refractivity contribution in [1.29, 1.82) is 0 Å². The predicted octanol–water partition coefficient (Wildman–Crippen LogP) is 3.26. The van der Waals surface area contributed by atoms with Gasteiger partial charge >= 0.3 is 0 Å². The summed E-state index contributed by atoms with van der Waals surface area (Å²) in [7, 11) is 0. The zero-order valence-corrected chi connectivity index (χ0v) is 9.37. The standard InChI is InChI=1S/C12H16F2N2/c1-9-2-4-16(5-3-9)11-6-10(12(13)14)7-15-8-11/h6-9,12H,2-5H2,1H3. The van der Waals surface area contributed by atoms with Crippen LogP contribution in [0.4, 0.5) is 14.5 Å². The second-order valence-corrected chi connectivity index (χ2v) is 4.45. The van der Waals surface area contributed by atoms with Gasteiger partial charge in [-0.25, -0.2) is 8.78 Å². The predicted molar refractivity (Wildman–Crippen MR) is 59.8 cm³/mol. The van der Waals surface area contributed by atoms with Crippen molar-refractivity contribution in [2.45, 2.75) is 26.2 Å². The van der Waals surface area contributed by atoms with E-state index in [1.807, 2.05) is 0 Å². The average molecular weight is 226 g/mol. The maximum Gasteiger partial charge on any atom is 0.265 e. The molecule has 0 aromatic carbocycles. The van der Waals surface area contributed by atoms with Crippen LogP contribution in [0.25, 0.3) is 0 Å². The van der Waals surface area contributed by atoms with Crippen molar-refractivity contribution in [2.24, 2.45) is 5.92 Å². The van der Waals surface area contributed by atoms with Gasteiger partial charge in [0, 0.05) is 24.8 Å². The van der Waals surface area contributed by atoms with Crippen molar-refractivity contribution in [3.63, 3.8) is 0 Å². The zero-order valence-electron chi connectivity index (χ0n) is 9.37. The van der Waals surface area contributed by atoms with Crippen LogP contribution in [0.15, 0.2) is 18.5 Å². The highest BCUT2D eigenvalue weighted by molar-refractivity contribution is 5.46. The molecule has 1 aliphatic rings. The monoisotopic (exact) mass is 226 g/mol. The van der Waals surface area contributed by atoms with E-state index >= 15 is 0 Å². The molecule has 0 amide bonds. The number of hydrogen-bond donors (Lipinski definition) is 0. The number of nitrogens with zero attached hydrogens (tertiary/aromatic N) is 2. The first kappa shape index (κ1) is 11.3. The summed E-state index contributed by atoms with van der Waals surface area (Å²) in [6, 6.07) is 1.55. The number of alkyl halides is 2. The van der Waals surface area contributed by atoms with E-state index in [-0.39, 0.29) is 5.56 Å². The third-order valence-corrected chi connectivity index (χ3v) is 3.15. The Morgan fingerprint density at radius 3 is 2.62 bits per heavy atom. The second kappa shape index (κ2) is 4.76. The van der Waals surface area contributed by atoms with Gasteiger partial charge in [-0.05, 0) is 24.8 Å². The molecule has 16 heavy (non-hydrogen) atoms. The summed E-state index contributed by atoms with van der Waals surface area (Å²) in [6.45, 7) is 4.11. The molecule has 1 saturated heterocycles. The van der Waals surface area contributed by atoms with Crippen molar-refractivity contribution < 1.29 is 8.78 Å². The number of halogens is 2. The van der Waals surface area contributed by atoms with Crippen LogP contribution in [0.1, 0.15) is 31.8 Å². The Balaban J connectivity index is 2.11. The molecule has 0 bridgehead atoms. The van der Waals surface area contributed by atoms with Crippen molar-refractivity contribution in [3.8, 4) is 0 Å². The smallest absolute Gasteiger partial charge is 0.265 e. The maximum atomic E-state index is 12.5. The molecule has 0 saturated carbocycles. The molecule has 4 heteroatoms. The minimum Gasteiger partial charge on any atom is -0.370 e. The van der Waals surface area contributed by atoms with Crippen LogP contribution >= 0.6 is 0 Å². The Hall–Kier alpha value is -1.19. The van der Waals surface area contributed by atoms with Gasteiger partial charge in [-0.1, -0.05) is 6.92 Å². The first-order chi connectivity index (χ1) is 7.66. The third-order valence-electron chi connectivity index (χ3n) is 3.15. The molecule has 1 aromatic heterocycles. The van der Waals surface area contributed by atoms with E-state index in [2.05, 4.69) is 16.8 Å². The lowest BCUT2D eigenvalue weighted by Crippen LogP contribution is -2.32. The van der Waals surface area contributed by atoms with Crippen molar-refractivity contribution in [3.05, 3.63) is 24.0 Å². The van der Waals surface area contributed by atoms with Crippen LogP contribution in [-0.2, 0) is 0 Å². The van der Waals surface area contributed by atoms with E-state index in [0.717, 1.165) is 37.5 Å². The molecule has 88 valence electrons. The van der Waals surface area contributed by atoms with Gasteiger partial charge in [0.1, 0.15) is 0 Å². The fourth-order valence-electron chi connectivity index (χ4n) is 2.00. The van der Waals surface area contributed by atoms with Gasteiger partial charge in [0.25, 0.3) is 6.43 Å². The quantitative estimate of drug-likeness (QED) is 0.769. The van der Waals surface area contributed by atoms with E-state index in [1.165, 1.54) is 6.20 Å². The van der Waals surface area contributed by atoms with Crippen LogP contribution in [-0.4, -0.2) is 18.1 Å². The number of anilines is 1. The summed E-state index contributed by atoms with van der Waals surface area (Å²) in [4.78, 5) is 6.02. The topological polar surface area (TPSA) is 16.1 Å². The number of rotatable bonds is 2. The van der Waals surface area contributed by atoms with E-state index in [4.69, 9.17) is 0 Å². The Labute approximate surface area is 94.3 Å². The first-order valence-corrected chi connectivity index (χ1v) is 5.65. The molecule has 0 N–H and O–H groups in total. The van der Waals surface area contributed by atoms with Crippen LogP contribution in [0.3, 0.4) is 0 Å². The molecule has 0 spiro atoms. The normalized spacial score (nSPS) is 18.1. The summed E-state index contributed by atoms with van der Waals surface area (Å²) >= 11 is 0. The molecule has 2 rings (SSSR count). The summed E-state index contributed by atoms with van der Waals surface area (Å²) in [5, 5.41) is 0. The SMILES string of the molecule is CC1CCN(c2cncc(C(F)F)c2)CC1. The highest BCUT2D eigenvalue weighted by Gasteiger charge is 2.17. The molecular weight excluding hydrogens is 210 g/mol. The third kappa shape index (κ3) is 2.49. The highest BCUT2D eigenvalue weighted by atomic mass is 19.3. The highest BCUT2D eigenvalue weighted by Crippen LogP contribution is 2.26. The lowest BCUT2D eigenvalue weighted by Gasteiger charge is -2.32. The molecule has 0 unspecified atom stereocenters. The lowest BCUT2D eigenvalue weighted by atomic mass is 9.99. The van der Waals surface area contributed by atoms with E-state index < -0.39 is 6.43 Å². The van der Waals surface area contributed by atoms with Crippen LogP contribution in [0.5, 0.6) is 0 Å². The Kier molecular flexibility index (Phi) is 3.36. The molecule has 1 aromatic rings. The number of pyridine rings is 1. The molecule has 2 heterocycles. The fourth-order valence-corrected chi connectivity index (χ4v) is 2.00. The number of hydrogen-bond acceptors (Lipinski definition) is 2. The van der Waals surface area contributed by atoms with Crippen LogP contribution < -0.4 is 4.90 Å². The van der Waals surface area contributed by atoms with Crippen LogP contribution in [0.2, 0.25) is 0 Å². The first-order valence-electron chi connectivity index (χ1n) is 5.65. The van der Waals surface area contributed by atoms with Crippen molar-refractivity contribution >= 4 is 5.69 Å².